The maximum Gasteiger partial charge on any atom is 0.134 e. The summed E-state index contributed by atoms with van der Waals surface area (Å²) in [5.41, 5.74) is 5.89. The molecular formula is C13H10F3N. The van der Waals surface area contributed by atoms with Crippen molar-refractivity contribution >= 4 is 5.69 Å². The van der Waals surface area contributed by atoms with Crippen LogP contribution >= 0.6 is 0 Å². The molecule has 0 atom stereocenters. The second-order valence-corrected chi connectivity index (χ2v) is 3.79. The Labute approximate surface area is 96.7 Å². The second-order valence-electron chi connectivity index (χ2n) is 3.79. The minimum Gasteiger partial charge on any atom is -0.398 e. The quantitative estimate of drug-likeness (QED) is 0.752. The van der Waals surface area contributed by atoms with Crippen LogP contribution < -0.4 is 5.73 Å². The summed E-state index contributed by atoms with van der Waals surface area (Å²) in [5.74, 6) is -2.32. The lowest BCUT2D eigenvalue weighted by atomic mass is 10.0. The van der Waals surface area contributed by atoms with Gasteiger partial charge in [-0.25, -0.2) is 13.2 Å². The van der Waals surface area contributed by atoms with E-state index < -0.39 is 23.0 Å². The van der Waals surface area contributed by atoms with Gasteiger partial charge in [0, 0.05) is 11.3 Å². The molecule has 0 bridgehead atoms. The van der Waals surface area contributed by atoms with E-state index >= 15 is 0 Å². The molecule has 2 aromatic rings. The molecule has 0 radical (unpaired) electrons. The van der Waals surface area contributed by atoms with Gasteiger partial charge in [0.05, 0.1) is 5.56 Å². The Balaban J connectivity index is 2.73. The Kier molecular flexibility index (Phi) is 2.79. The monoisotopic (exact) mass is 237 g/mol. The van der Waals surface area contributed by atoms with Crippen LogP contribution in [-0.4, -0.2) is 0 Å². The molecule has 0 aliphatic heterocycles. The van der Waals surface area contributed by atoms with Crippen LogP contribution in [0.2, 0.25) is 0 Å². The van der Waals surface area contributed by atoms with E-state index in [1.807, 2.05) is 0 Å². The largest absolute Gasteiger partial charge is 0.398 e. The van der Waals surface area contributed by atoms with Gasteiger partial charge in [0.2, 0.25) is 0 Å². The van der Waals surface area contributed by atoms with E-state index in [1.54, 1.807) is 6.92 Å². The lowest BCUT2D eigenvalue weighted by Crippen LogP contribution is -1.97. The van der Waals surface area contributed by atoms with Crippen molar-refractivity contribution in [2.75, 3.05) is 5.73 Å². The number of anilines is 1. The van der Waals surface area contributed by atoms with Crippen LogP contribution in [0.15, 0.2) is 30.3 Å². The molecule has 1 nitrogen and oxygen atoms in total. The third kappa shape index (κ3) is 1.98. The molecule has 0 aliphatic rings. The first-order valence-corrected chi connectivity index (χ1v) is 5.00. The van der Waals surface area contributed by atoms with E-state index in [0.29, 0.717) is 11.3 Å². The van der Waals surface area contributed by atoms with Gasteiger partial charge in [-0.2, -0.15) is 0 Å². The molecule has 0 aromatic heterocycles. The van der Waals surface area contributed by atoms with E-state index in [1.165, 1.54) is 12.1 Å². The molecule has 4 heteroatoms. The minimum atomic E-state index is -0.813. The standard InChI is InChI=1S/C13H10F3N/c1-7-5-11(16)8(6-12(7)17)13-9(14)3-2-4-10(13)15/h2-6H,17H2,1H3. The smallest absolute Gasteiger partial charge is 0.134 e. The Morgan fingerprint density at radius 1 is 0.941 bits per heavy atom. The Bertz CT molecular complexity index is 559. The molecule has 2 rings (SSSR count). The number of hydrogen-bond acceptors (Lipinski definition) is 1. The van der Waals surface area contributed by atoms with Crippen LogP contribution in [0.4, 0.5) is 18.9 Å². The van der Waals surface area contributed by atoms with E-state index in [-0.39, 0.29) is 5.56 Å². The number of benzene rings is 2. The zero-order chi connectivity index (χ0) is 12.6. The van der Waals surface area contributed by atoms with Crippen LogP contribution in [0.25, 0.3) is 11.1 Å². The van der Waals surface area contributed by atoms with Gasteiger partial charge in [-0.3, -0.25) is 0 Å². The van der Waals surface area contributed by atoms with Gasteiger partial charge >= 0.3 is 0 Å². The summed E-state index contributed by atoms with van der Waals surface area (Å²) in [7, 11) is 0. The zero-order valence-corrected chi connectivity index (χ0v) is 9.10. The van der Waals surface area contributed by atoms with Gasteiger partial charge in [0.1, 0.15) is 17.5 Å². The van der Waals surface area contributed by atoms with Crippen molar-refractivity contribution in [2.24, 2.45) is 0 Å². The molecule has 17 heavy (non-hydrogen) atoms. The number of rotatable bonds is 1. The summed E-state index contributed by atoms with van der Waals surface area (Å²) in [5, 5.41) is 0. The number of nitrogen functional groups attached to an aromatic ring is 1. The molecule has 0 heterocycles. The first-order valence-electron chi connectivity index (χ1n) is 5.00. The first-order chi connectivity index (χ1) is 8.00. The van der Waals surface area contributed by atoms with Crippen LogP contribution in [0.1, 0.15) is 5.56 Å². The SMILES string of the molecule is Cc1cc(F)c(-c2c(F)cccc2F)cc1N. The highest BCUT2D eigenvalue weighted by Crippen LogP contribution is 2.31. The van der Waals surface area contributed by atoms with Crippen molar-refractivity contribution in [1.82, 2.24) is 0 Å². The maximum absolute atomic E-state index is 13.7. The van der Waals surface area contributed by atoms with Crippen LogP contribution in [0.5, 0.6) is 0 Å². The lowest BCUT2D eigenvalue weighted by molar-refractivity contribution is 0.582. The van der Waals surface area contributed by atoms with Crippen molar-refractivity contribution < 1.29 is 13.2 Å². The molecule has 0 fully saturated rings. The van der Waals surface area contributed by atoms with Gasteiger partial charge in [0.15, 0.2) is 0 Å². The molecule has 2 aromatic carbocycles. The van der Waals surface area contributed by atoms with Gasteiger partial charge in [-0.05, 0) is 36.8 Å². The molecule has 0 amide bonds. The predicted octanol–water partition coefficient (Wildman–Crippen LogP) is 3.66. The summed E-state index contributed by atoms with van der Waals surface area (Å²) in [6, 6.07) is 5.79. The maximum atomic E-state index is 13.7. The summed E-state index contributed by atoms with van der Waals surface area (Å²) in [6.45, 7) is 1.62. The normalized spacial score (nSPS) is 10.6. The van der Waals surface area contributed by atoms with Crippen LogP contribution in [0.3, 0.4) is 0 Å². The lowest BCUT2D eigenvalue weighted by Gasteiger charge is -2.09. The van der Waals surface area contributed by atoms with Crippen molar-refractivity contribution in [1.29, 1.82) is 0 Å². The summed E-state index contributed by atoms with van der Waals surface area (Å²) in [4.78, 5) is 0. The highest BCUT2D eigenvalue weighted by molar-refractivity contribution is 5.70. The molecule has 0 saturated heterocycles. The fourth-order valence-corrected chi connectivity index (χ4v) is 1.64. The van der Waals surface area contributed by atoms with Gasteiger partial charge in [-0.15, -0.1) is 0 Å². The Morgan fingerprint density at radius 2 is 1.53 bits per heavy atom. The van der Waals surface area contributed by atoms with Crippen molar-refractivity contribution in [2.45, 2.75) is 6.92 Å². The fraction of sp³-hybridized carbons (Fsp3) is 0.0769. The van der Waals surface area contributed by atoms with Crippen molar-refractivity contribution in [3.63, 3.8) is 0 Å². The summed E-state index contributed by atoms with van der Waals surface area (Å²) < 4.78 is 40.7. The molecule has 0 unspecified atom stereocenters. The van der Waals surface area contributed by atoms with Gasteiger partial charge in [0.25, 0.3) is 0 Å². The number of halogens is 3. The summed E-state index contributed by atoms with van der Waals surface area (Å²) >= 11 is 0. The average molecular weight is 237 g/mol. The Morgan fingerprint density at radius 3 is 2.12 bits per heavy atom. The Hall–Kier alpha value is -1.97. The molecule has 0 aliphatic carbocycles. The van der Waals surface area contributed by atoms with E-state index in [2.05, 4.69) is 0 Å². The van der Waals surface area contributed by atoms with E-state index in [9.17, 15) is 13.2 Å². The van der Waals surface area contributed by atoms with Gasteiger partial charge < -0.3 is 5.73 Å². The molecule has 0 saturated carbocycles. The van der Waals surface area contributed by atoms with Crippen molar-refractivity contribution in [3.05, 3.63) is 53.3 Å². The minimum absolute atomic E-state index is 0.163. The van der Waals surface area contributed by atoms with E-state index in [4.69, 9.17) is 5.73 Å². The molecule has 88 valence electrons. The third-order valence-electron chi connectivity index (χ3n) is 2.59. The number of aryl methyl sites for hydroxylation is 1. The van der Waals surface area contributed by atoms with Crippen LogP contribution in [-0.2, 0) is 0 Å². The highest BCUT2D eigenvalue weighted by atomic mass is 19.1. The van der Waals surface area contributed by atoms with E-state index in [0.717, 1.165) is 18.2 Å². The molecule has 0 spiro atoms. The number of hydrogen-bond donors (Lipinski definition) is 1. The second kappa shape index (κ2) is 4.13. The average Bonchev–Trinajstić information content (AvgIpc) is 2.25. The number of nitrogens with two attached hydrogens (primary N) is 1. The molecular weight excluding hydrogens is 227 g/mol. The zero-order valence-electron chi connectivity index (χ0n) is 9.10. The highest BCUT2D eigenvalue weighted by Gasteiger charge is 2.16. The third-order valence-corrected chi connectivity index (χ3v) is 2.59. The topological polar surface area (TPSA) is 26.0 Å². The summed E-state index contributed by atoms with van der Waals surface area (Å²) in [6.07, 6.45) is 0. The van der Waals surface area contributed by atoms with Gasteiger partial charge in [-0.1, -0.05) is 6.07 Å². The first kappa shape index (κ1) is 11.5. The predicted molar refractivity (Wildman–Crippen MR) is 60.9 cm³/mol. The van der Waals surface area contributed by atoms with Crippen LogP contribution in [0, 0.1) is 24.4 Å². The fourth-order valence-electron chi connectivity index (χ4n) is 1.64. The van der Waals surface area contributed by atoms with Crippen molar-refractivity contribution in [3.8, 4) is 11.1 Å². The molecule has 2 N–H and O–H groups in total.